The SMILES string of the molecule is CC(=O)c1c(C)oc(NC(=O)c2cc3cccc(Cl)c3[nH]2)c1C(N)=O. The number of hydrogen-bond acceptors (Lipinski definition) is 4. The van der Waals surface area contributed by atoms with Gasteiger partial charge in [-0.3, -0.25) is 19.7 Å². The van der Waals surface area contributed by atoms with Crippen LogP contribution in [0.4, 0.5) is 5.88 Å². The van der Waals surface area contributed by atoms with Gasteiger partial charge in [0.2, 0.25) is 5.88 Å². The summed E-state index contributed by atoms with van der Waals surface area (Å²) in [6.45, 7) is 2.80. The molecule has 0 atom stereocenters. The van der Waals surface area contributed by atoms with E-state index in [0.29, 0.717) is 10.5 Å². The van der Waals surface area contributed by atoms with Gasteiger partial charge in [0.25, 0.3) is 11.8 Å². The van der Waals surface area contributed by atoms with Crippen LogP contribution in [0.25, 0.3) is 10.9 Å². The van der Waals surface area contributed by atoms with Gasteiger partial charge in [0.1, 0.15) is 17.0 Å². The van der Waals surface area contributed by atoms with Crippen molar-refractivity contribution in [1.29, 1.82) is 0 Å². The molecular formula is C17H14ClN3O4. The van der Waals surface area contributed by atoms with Crippen molar-refractivity contribution < 1.29 is 18.8 Å². The molecular weight excluding hydrogens is 346 g/mol. The van der Waals surface area contributed by atoms with E-state index in [-0.39, 0.29) is 34.2 Å². The van der Waals surface area contributed by atoms with E-state index in [4.69, 9.17) is 21.8 Å². The number of furan rings is 1. The Morgan fingerprint density at radius 3 is 2.56 bits per heavy atom. The van der Waals surface area contributed by atoms with Gasteiger partial charge in [-0.15, -0.1) is 0 Å². The second-order valence-corrected chi connectivity index (χ2v) is 5.91. The van der Waals surface area contributed by atoms with Gasteiger partial charge in [-0.1, -0.05) is 23.7 Å². The molecule has 25 heavy (non-hydrogen) atoms. The lowest BCUT2D eigenvalue weighted by molar-refractivity contribution is 0.0974. The third kappa shape index (κ3) is 2.89. The minimum absolute atomic E-state index is 0.0579. The number of aromatic amines is 1. The van der Waals surface area contributed by atoms with Crippen molar-refractivity contribution in [3.63, 3.8) is 0 Å². The van der Waals surface area contributed by atoms with Crippen LogP contribution in [-0.4, -0.2) is 22.6 Å². The number of anilines is 1. The fourth-order valence-corrected chi connectivity index (χ4v) is 2.93. The molecule has 0 saturated heterocycles. The fourth-order valence-electron chi connectivity index (χ4n) is 2.70. The van der Waals surface area contributed by atoms with Gasteiger partial charge in [0, 0.05) is 5.39 Å². The number of para-hydroxylation sites is 1. The molecule has 3 rings (SSSR count). The largest absolute Gasteiger partial charge is 0.444 e. The van der Waals surface area contributed by atoms with Crippen LogP contribution >= 0.6 is 11.6 Å². The molecule has 0 aliphatic carbocycles. The summed E-state index contributed by atoms with van der Waals surface area (Å²) >= 11 is 6.08. The molecule has 3 aromatic rings. The number of nitrogens with two attached hydrogens (primary N) is 1. The van der Waals surface area contributed by atoms with Crippen LogP contribution in [0.15, 0.2) is 28.7 Å². The number of hydrogen-bond donors (Lipinski definition) is 3. The van der Waals surface area contributed by atoms with E-state index in [1.54, 1.807) is 24.3 Å². The summed E-state index contributed by atoms with van der Waals surface area (Å²) in [5.41, 5.74) is 6.08. The molecule has 2 aromatic heterocycles. The molecule has 8 heteroatoms. The van der Waals surface area contributed by atoms with Crippen molar-refractivity contribution >= 4 is 46.0 Å². The van der Waals surface area contributed by atoms with E-state index in [2.05, 4.69) is 10.3 Å². The Balaban J connectivity index is 2.00. The van der Waals surface area contributed by atoms with Gasteiger partial charge in [-0.25, -0.2) is 0 Å². The van der Waals surface area contributed by atoms with Gasteiger partial charge >= 0.3 is 0 Å². The van der Waals surface area contributed by atoms with Gasteiger partial charge in [-0.2, -0.15) is 0 Å². The van der Waals surface area contributed by atoms with Crippen LogP contribution in [0.1, 0.15) is 43.9 Å². The number of benzene rings is 1. The lowest BCUT2D eigenvalue weighted by Gasteiger charge is -2.02. The normalized spacial score (nSPS) is 10.8. The molecule has 0 radical (unpaired) electrons. The summed E-state index contributed by atoms with van der Waals surface area (Å²) in [4.78, 5) is 38.8. The summed E-state index contributed by atoms with van der Waals surface area (Å²) in [7, 11) is 0. The minimum atomic E-state index is -0.864. The summed E-state index contributed by atoms with van der Waals surface area (Å²) in [5, 5.41) is 3.70. The van der Waals surface area contributed by atoms with Gasteiger partial charge in [0.15, 0.2) is 5.78 Å². The van der Waals surface area contributed by atoms with Crippen molar-refractivity contribution in [3.8, 4) is 0 Å². The van der Waals surface area contributed by atoms with Crippen molar-refractivity contribution in [1.82, 2.24) is 4.98 Å². The molecule has 4 N–H and O–H groups in total. The second kappa shape index (κ2) is 6.10. The van der Waals surface area contributed by atoms with Crippen LogP contribution in [0, 0.1) is 6.92 Å². The quantitative estimate of drug-likeness (QED) is 0.619. The zero-order valence-electron chi connectivity index (χ0n) is 13.4. The van der Waals surface area contributed by atoms with Crippen LogP contribution < -0.4 is 11.1 Å². The van der Waals surface area contributed by atoms with E-state index in [9.17, 15) is 14.4 Å². The maximum absolute atomic E-state index is 12.5. The highest BCUT2D eigenvalue weighted by Crippen LogP contribution is 2.28. The number of aryl methyl sites for hydroxylation is 1. The molecule has 0 spiro atoms. The number of nitrogens with one attached hydrogen (secondary N) is 2. The first-order chi connectivity index (χ1) is 11.8. The average molecular weight is 360 g/mol. The van der Waals surface area contributed by atoms with Crippen molar-refractivity contribution in [2.24, 2.45) is 5.73 Å². The molecule has 7 nitrogen and oxygen atoms in total. The Kier molecular flexibility index (Phi) is 4.10. The van der Waals surface area contributed by atoms with Crippen molar-refractivity contribution in [3.05, 3.63) is 51.9 Å². The number of Topliss-reactive ketones (excluding diaryl/α,β-unsaturated/α-hetero) is 1. The monoisotopic (exact) mass is 359 g/mol. The van der Waals surface area contributed by atoms with E-state index in [1.165, 1.54) is 13.8 Å². The molecule has 0 aliphatic rings. The lowest BCUT2D eigenvalue weighted by atomic mass is 10.1. The van der Waals surface area contributed by atoms with Crippen LogP contribution in [0.2, 0.25) is 5.02 Å². The number of halogens is 1. The summed E-state index contributed by atoms with van der Waals surface area (Å²) in [6, 6.07) is 6.87. The molecule has 0 unspecified atom stereocenters. The number of ketones is 1. The van der Waals surface area contributed by atoms with Gasteiger partial charge in [0.05, 0.1) is 16.1 Å². The van der Waals surface area contributed by atoms with Crippen LogP contribution in [0.5, 0.6) is 0 Å². The molecule has 128 valence electrons. The number of aromatic nitrogens is 1. The smallest absolute Gasteiger partial charge is 0.274 e. The first kappa shape index (κ1) is 16.8. The Bertz CT molecular complexity index is 1030. The predicted molar refractivity (Wildman–Crippen MR) is 93.2 cm³/mol. The number of amides is 2. The number of carbonyl (C=O) groups is 3. The Hall–Kier alpha value is -3.06. The van der Waals surface area contributed by atoms with Gasteiger partial charge in [-0.05, 0) is 26.0 Å². The molecule has 2 heterocycles. The van der Waals surface area contributed by atoms with Crippen molar-refractivity contribution in [2.75, 3.05) is 5.32 Å². The standard InChI is InChI=1S/C17H14ClN3O4/c1-7(22)12-8(2)25-17(13(12)15(19)23)21-16(24)11-6-9-4-3-5-10(18)14(9)20-11/h3-6,20H,1-2H3,(H2,19,23)(H,21,24). The zero-order valence-corrected chi connectivity index (χ0v) is 14.2. The third-order valence-corrected chi connectivity index (χ3v) is 4.07. The van der Waals surface area contributed by atoms with Gasteiger partial charge < -0.3 is 15.1 Å². The molecule has 0 fully saturated rings. The molecule has 0 bridgehead atoms. The number of rotatable bonds is 4. The second-order valence-electron chi connectivity index (χ2n) is 5.50. The number of primary amides is 1. The first-order valence-electron chi connectivity index (χ1n) is 7.32. The maximum atomic E-state index is 12.5. The van der Waals surface area contributed by atoms with E-state index in [1.807, 2.05) is 0 Å². The Labute approximate surface area is 147 Å². The minimum Gasteiger partial charge on any atom is -0.444 e. The lowest BCUT2D eigenvalue weighted by Crippen LogP contribution is -2.19. The Morgan fingerprint density at radius 2 is 1.96 bits per heavy atom. The van der Waals surface area contributed by atoms with Crippen LogP contribution in [-0.2, 0) is 0 Å². The Morgan fingerprint density at radius 1 is 1.24 bits per heavy atom. The first-order valence-corrected chi connectivity index (χ1v) is 7.70. The highest BCUT2D eigenvalue weighted by Gasteiger charge is 2.26. The third-order valence-electron chi connectivity index (χ3n) is 3.76. The highest BCUT2D eigenvalue weighted by atomic mass is 35.5. The van der Waals surface area contributed by atoms with Crippen molar-refractivity contribution in [2.45, 2.75) is 13.8 Å². The average Bonchev–Trinajstić information content (AvgIpc) is 3.09. The predicted octanol–water partition coefficient (Wildman–Crippen LogP) is 3.28. The van der Waals surface area contributed by atoms with Crippen LogP contribution in [0.3, 0.4) is 0 Å². The number of H-pyrrole nitrogens is 1. The topological polar surface area (TPSA) is 118 Å². The number of fused-ring (bicyclic) bond motifs is 1. The van der Waals surface area contributed by atoms with E-state index >= 15 is 0 Å². The highest BCUT2D eigenvalue weighted by molar-refractivity contribution is 6.35. The molecule has 0 aliphatic heterocycles. The van der Waals surface area contributed by atoms with E-state index in [0.717, 1.165) is 5.39 Å². The van der Waals surface area contributed by atoms with E-state index < -0.39 is 11.8 Å². The maximum Gasteiger partial charge on any atom is 0.274 e. The summed E-state index contributed by atoms with van der Waals surface area (Å²) in [6.07, 6.45) is 0. The summed E-state index contributed by atoms with van der Waals surface area (Å²) < 4.78 is 5.36. The molecule has 2 amide bonds. The zero-order chi connectivity index (χ0) is 18.3. The molecule has 0 saturated carbocycles. The summed E-state index contributed by atoms with van der Waals surface area (Å²) in [5.74, 6) is -1.76. The fraction of sp³-hybridized carbons (Fsp3) is 0.118. The molecule has 1 aromatic carbocycles. The number of carbonyl (C=O) groups excluding carboxylic acids is 3.